The van der Waals surface area contributed by atoms with E-state index < -0.39 is 0 Å². The summed E-state index contributed by atoms with van der Waals surface area (Å²) in [7, 11) is 0. The number of carbonyl (C=O) groups excluding carboxylic acids is 1. The number of ether oxygens (including phenoxy) is 1. The summed E-state index contributed by atoms with van der Waals surface area (Å²) in [5.74, 6) is -0.363. The first-order valence-electron chi connectivity index (χ1n) is 4.92. The molecular weight excluding hydrogens is 247 g/mol. The number of carbonyl (C=O) groups is 1. The SMILES string of the molecule is CCCOC(=O)C=Cc1cc(Cl)cc(Cl)c1. The van der Waals surface area contributed by atoms with E-state index in [0.717, 1.165) is 12.0 Å². The van der Waals surface area contributed by atoms with Crippen molar-refractivity contribution in [1.82, 2.24) is 0 Å². The minimum Gasteiger partial charge on any atom is -0.463 e. The molecule has 1 aromatic carbocycles. The predicted octanol–water partition coefficient (Wildman–Crippen LogP) is 3.96. The van der Waals surface area contributed by atoms with Crippen LogP contribution in [0.25, 0.3) is 6.08 Å². The Kier molecular flexibility index (Phi) is 5.36. The third-order valence-corrected chi connectivity index (χ3v) is 2.18. The van der Waals surface area contributed by atoms with Crippen LogP contribution in [0.5, 0.6) is 0 Å². The number of hydrogen-bond donors (Lipinski definition) is 0. The van der Waals surface area contributed by atoms with E-state index in [4.69, 9.17) is 27.9 Å². The highest BCUT2D eigenvalue weighted by Crippen LogP contribution is 2.19. The van der Waals surface area contributed by atoms with Gasteiger partial charge in [0.2, 0.25) is 0 Å². The molecule has 0 unspecified atom stereocenters. The highest BCUT2D eigenvalue weighted by molar-refractivity contribution is 6.34. The Labute approximate surface area is 105 Å². The van der Waals surface area contributed by atoms with Gasteiger partial charge >= 0.3 is 5.97 Å². The molecule has 0 amide bonds. The van der Waals surface area contributed by atoms with Crippen molar-refractivity contribution in [3.63, 3.8) is 0 Å². The van der Waals surface area contributed by atoms with Gasteiger partial charge < -0.3 is 4.74 Å². The van der Waals surface area contributed by atoms with Gasteiger partial charge in [-0.1, -0.05) is 30.1 Å². The molecule has 0 saturated heterocycles. The quantitative estimate of drug-likeness (QED) is 0.604. The van der Waals surface area contributed by atoms with E-state index in [0.29, 0.717) is 16.7 Å². The maximum Gasteiger partial charge on any atom is 0.330 e. The number of hydrogen-bond acceptors (Lipinski definition) is 2. The van der Waals surface area contributed by atoms with Gasteiger partial charge in [-0.05, 0) is 36.3 Å². The molecule has 0 saturated carbocycles. The zero-order chi connectivity index (χ0) is 12.0. The standard InChI is InChI=1S/C12H12Cl2O2/c1-2-5-16-12(15)4-3-9-6-10(13)8-11(14)7-9/h3-4,6-8H,2,5H2,1H3. The van der Waals surface area contributed by atoms with Crippen molar-refractivity contribution in [2.45, 2.75) is 13.3 Å². The number of halogens is 2. The molecule has 1 aromatic rings. The van der Waals surface area contributed by atoms with E-state index >= 15 is 0 Å². The Morgan fingerprint density at radius 3 is 2.50 bits per heavy atom. The van der Waals surface area contributed by atoms with Crippen LogP contribution in [0, 0.1) is 0 Å². The van der Waals surface area contributed by atoms with Gasteiger partial charge in [0, 0.05) is 16.1 Å². The van der Waals surface area contributed by atoms with Gasteiger partial charge in [-0.3, -0.25) is 0 Å². The average Bonchev–Trinajstić information content (AvgIpc) is 2.22. The van der Waals surface area contributed by atoms with Crippen molar-refractivity contribution in [3.05, 3.63) is 39.9 Å². The Morgan fingerprint density at radius 2 is 1.94 bits per heavy atom. The van der Waals surface area contributed by atoms with Gasteiger partial charge in [0.25, 0.3) is 0 Å². The van der Waals surface area contributed by atoms with Crippen LogP contribution in [0.3, 0.4) is 0 Å². The third-order valence-electron chi connectivity index (χ3n) is 1.75. The number of rotatable bonds is 4. The highest BCUT2D eigenvalue weighted by atomic mass is 35.5. The minimum atomic E-state index is -0.363. The first-order chi connectivity index (χ1) is 7.61. The molecule has 1 rings (SSSR count). The molecular formula is C12H12Cl2O2. The maximum absolute atomic E-state index is 11.2. The molecule has 0 aliphatic carbocycles. The van der Waals surface area contributed by atoms with Crippen molar-refractivity contribution in [2.75, 3.05) is 6.61 Å². The summed E-state index contributed by atoms with van der Waals surface area (Å²) in [6.07, 6.45) is 3.79. The third kappa shape index (κ3) is 4.69. The summed E-state index contributed by atoms with van der Waals surface area (Å²) in [5.41, 5.74) is 0.769. The van der Waals surface area contributed by atoms with Crippen molar-refractivity contribution in [2.24, 2.45) is 0 Å². The van der Waals surface area contributed by atoms with Crippen LogP contribution in [-0.2, 0) is 9.53 Å². The Balaban J connectivity index is 2.65. The van der Waals surface area contributed by atoms with Gasteiger partial charge in [-0.25, -0.2) is 4.79 Å². The van der Waals surface area contributed by atoms with Gasteiger partial charge in [-0.2, -0.15) is 0 Å². The molecule has 0 bridgehead atoms. The Hall–Kier alpha value is -0.990. The lowest BCUT2D eigenvalue weighted by atomic mass is 10.2. The molecule has 16 heavy (non-hydrogen) atoms. The smallest absolute Gasteiger partial charge is 0.330 e. The molecule has 0 heterocycles. The van der Waals surface area contributed by atoms with Crippen LogP contribution in [-0.4, -0.2) is 12.6 Å². The minimum absolute atomic E-state index is 0.363. The Bertz CT molecular complexity index is 380. The van der Waals surface area contributed by atoms with E-state index in [1.54, 1.807) is 24.3 Å². The van der Waals surface area contributed by atoms with Crippen LogP contribution in [0.1, 0.15) is 18.9 Å². The molecule has 0 aliphatic rings. The lowest BCUT2D eigenvalue weighted by molar-refractivity contribution is -0.137. The van der Waals surface area contributed by atoms with E-state index in [9.17, 15) is 4.79 Å². The topological polar surface area (TPSA) is 26.3 Å². The molecule has 0 atom stereocenters. The van der Waals surface area contributed by atoms with Gasteiger partial charge in [-0.15, -0.1) is 0 Å². The molecule has 86 valence electrons. The summed E-state index contributed by atoms with van der Waals surface area (Å²) >= 11 is 11.6. The van der Waals surface area contributed by atoms with Gasteiger partial charge in [0.05, 0.1) is 6.61 Å². The van der Waals surface area contributed by atoms with E-state index in [2.05, 4.69) is 0 Å². The first kappa shape index (κ1) is 13.1. The average molecular weight is 259 g/mol. The molecule has 0 aromatic heterocycles. The zero-order valence-corrected chi connectivity index (χ0v) is 10.4. The molecule has 4 heteroatoms. The lowest BCUT2D eigenvalue weighted by Crippen LogP contribution is -2.00. The summed E-state index contributed by atoms with van der Waals surface area (Å²) in [6.45, 7) is 2.37. The normalized spacial score (nSPS) is 10.7. The fraction of sp³-hybridized carbons (Fsp3) is 0.250. The lowest BCUT2D eigenvalue weighted by Gasteiger charge is -1.99. The van der Waals surface area contributed by atoms with Crippen molar-refractivity contribution >= 4 is 35.2 Å². The summed E-state index contributed by atoms with van der Waals surface area (Å²) < 4.78 is 4.88. The van der Waals surface area contributed by atoms with Crippen LogP contribution >= 0.6 is 23.2 Å². The molecule has 0 aliphatic heterocycles. The summed E-state index contributed by atoms with van der Waals surface area (Å²) in [4.78, 5) is 11.2. The van der Waals surface area contributed by atoms with Crippen molar-refractivity contribution in [1.29, 1.82) is 0 Å². The molecule has 0 radical (unpaired) electrons. The summed E-state index contributed by atoms with van der Waals surface area (Å²) in [6, 6.07) is 5.07. The number of esters is 1. The fourth-order valence-corrected chi connectivity index (χ4v) is 1.63. The maximum atomic E-state index is 11.2. The second-order valence-corrected chi connectivity index (χ2v) is 4.08. The van der Waals surface area contributed by atoms with Crippen molar-refractivity contribution < 1.29 is 9.53 Å². The van der Waals surface area contributed by atoms with Crippen LogP contribution in [0.2, 0.25) is 10.0 Å². The first-order valence-corrected chi connectivity index (χ1v) is 5.68. The van der Waals surface area contributed by atoms with E-state index in [1.807, 2.05) is 6.92 Å². The highest BCUT2D eigenvalue weighted by Gasteiger charge is 1.97. The monoisotopic (exact) mass is 258 g/mol. The van der Waals surface area contributed by atoms with Gasteiger partial charge in [0.1, 0.15) is 0 Å². The van der Waals surface area contributed by atoms with Gasteiger partial charge in [0.15, 0.2) is 0 Å². The van der Waals surface area contributed by atoms with Crippen LogP contribution < -0.4 is 0 Å². The molecule has 0 fully saturated rings. The molecule has 0 spiro atoms. The van der Waals surface area contributed by atoms with Crippen LogP contribution in [0.15, 0.2) is 24.3 Å². The zero-order valence-electron chi connectivity index (χ0n) is 8.87. The summed E-state index contributed by atoms with van der Waals surface area (Å²) in [5, 5.41) is 1.07. The molecule has 0 N–H and O–H groups in total. The Morgan fingerprint density at radius 1 is 1.31 bits per heavy atom. The largest absolute Gasteiger partial charge is 0.463 e. The second kappa shape index (κ2) is 6.56. The predicted molar refractivity (Wildman–Crippen MR) is 66.7 cm³/mol. The fourth-order valence-electron chi connectivity index (χ4n) is 1.09. The van der Waals surface area contributed by atoms with Crippen molar-refractivity contribution in [3.8, 4) is 0 Å². The van der Waals surface area contributed by atoms with Crippen LogP contribution in [0.4, 0.5) is 0 Å². The second-order valence-electron chi connectivity index (χ2n) is 3.20. The van der Waals surface area contributed by atoms with E-state index in [-0.39, 0.29) is 5.97 Å². The molecule has 2 nitrogen and oxygen atoms in total. The number of benzene rings is 1. The van der Waals surface area contributed by atoms with E-state index in [1.165, 1.54) is 6.08 Å².